The zero-order chi connectivity index (χ0) is 12.3. The van der Waals surface area contributed by atoms with Crippen LogP contribution >= 0.6 is 0 Å². The molecule has 0 atom stereocenters. The van der Waals surface area contributed by atoms with Crippen LogP contribution in [-0.2, 0) is 10.1 Å². The molecule has 0 amide bonds. The van der Waals surface area contributed by atoms with Gasteiger partial charge < -0.3 is 9.39 Å². The molecule has 0 aromatic heterocycles. The lowest BCUT2D eigenvalue weighted by atomic mass is 10.1. The normalized spacial score (nSPS) is 11.9. The zero-order valence-corrected chi connectivity index (χ0v) is 10.1. The van der Waals surface area contributed by atoms with Gasteiger partial charge in [0.15, 0.2) is 0 Å². The summed E-state index contributed by atoms with van der Waals surface area (Å²) < 4.78 is 26.9. The molecule has 1 aromatic rings. The SMILES string of the molecule is Cc1cc(/C=N\O)cc(C)c1OS(C)(=O)=O. The number of rotatable bonds is 3. The number of nitrogens with zero attached hydrogens (tertiary/aromatic N) is 1. The fourth-order valence-electron chi connectivity index (χ4n) is 1.41. The lowest BCUT2D eigenvalue weighted by Gasteiger charge is -2.10. The van der Waals surface area contributed by atoms with E-state index in [0.717, 1.165) is 6.26 Å². The summed E-state index contributed by atoms with van der Waals surface area (Å²) in [6.07, 6.45) is 2.26. The van der Waals surface area contributed by atoms with Crippen molar-refractivity contribution in [3.63, 3.8) is 0 Å². The van der Waals surface area contributed by atoms with Crippen LogP contribution in [0.2, 0.25) is 0 Å². The van der Waals surface area contributed by atoms with Gasteiger partial charge >= 0.3 is 10.1 Å². The van der Waals surface area contributed by atoms with Crippen molar-refractivity contribution in [3.8, 4) is 5.75 Å². The van der Waals surface area contributed by atoms with Crippen molar-refractivity contribution in [1.82, 2.24) is 0 Å². The standard InChI is InChI=1S/C10H13NO4S/c1-7-4-9(6-11-12)5-8(2)10(7)15-16(3,13)14/h4-6,12H,1-3H3/b11-6-. The van der Waals surface area contributed by atoms with Crippen LogP contribution in [0.4, 0.5) is 0 Å². The van der Waals surface area contributed by atoms with E-state index in [4.69, 9.17) is 9.39 Å². The van der Waals surface area contributed by atoms with Crippen molar-refractivity contribution < 1.29 is 17.8 Å². The average molecular weight is 243 g/mol. The van der Waals surface area contributed by atoms with Gasteiger partial charge in [-0.2, -0.15) is 8.42 Å². The van der Waals surface area contributed by atoms with Gasteiger partial charge in [-0.25, -0.2) is 0 Å². The molecule has 88 valence electrons. The minimum Gasteiger partial charge on any atom is -0.411 e. The molecule has 0 spiro atoms. The molecular formula is C10H13NO4S. The monoisotopic (exact) mass is 243 g/mol. The van der Waals surface area contributed by atoms with E-state index in [0.29, 0.717) is 22.4 Å². The molecular weight excluding hydrogens is 230 g/mol. The van der Waals surface area contributed by atoms with Crippen LogP contribution in [-0.4, -0.2) is 26.1 Å². The van der Waals surface area contributed by atoms with Crippen LogP contribution in [0.5, 0.6) is 5.75 Å². The summed E-state index contributed by atoms with van der Waals surface area (Å²) in [5.74, 6) is 0.317. The molecule has 0 saturated carbocycles. The van der Waals surface area contributed by atoms with Crippen molar-refractivity contribution in [2.75, 3.05) is 6.26 Å². The van der Waals surface area contributed by atoms with E-state index in [1.807, 2.05) is 0 Å². The zero-order valence-electron chi connectivity index (χ0n) is 9.26. The first kappa shape index (κ1) is 12.5. The Morgan fingerprint density at radius 1 is 1.31 bits per heavy atom. The molecule has 0 aliphatic rings. The van der Waals surface area contributed by atoms with Crippen LogP contribution in [0.15, 0.2) is 17.3 Å². The Morgan fingerprint density at radius 2 is 1.81 bits per heavy atom. The Bertz CT molecular complexity index is 497. The molecule has 16 heavy (non-hydrogen) atoms. The Morgan fingerprint density at radius 3 is 2.19 bits per heavy atom. The molecule has 0 aliphatic heterocycles. The Hall–Kier alpha value is -1.56. The minimum atomic E-state index is -3.53. The predicted molar refractivity (Wildman–Crippen MR) is 60.8 cm³/mol. The van der Waals surface area contributed by atoms with Gasteiger partial charge in [0.25, 0.3) is 0 Å². The molecule has 0 aliphatic carbocycles. The highest BCUT2D eigenvalue weighted by Crippen LogP contribution is 2.25. The van der Waals surface area contributed by atoms with E-state index in [9.17, 15) is 8.42 Å². The quantitative estimate of drug-likeness (QED) is 0.377. The fourth-order valence-corrected chi connectivity index (χ4v) is 1.97. The molecule has 0 unspecified atom stereocenters. The van der Waals surface area contributed by atoms with Gasteiger partial charge in [0.05, 0.1) is 12.5 Å². The van der Waals surface area contributed by atoms with E-state index >= 15 is 0 Å². The van der Waals surface area contributed by atoms with Crippen LogP contribution in [0.1, 0.15) is 16.7 Å². The summed E-state index contributed by atoms with van der Waals surface area (Å²) >= 11 is 0. The third kappa shape index (κ3) is 3.23. The molecule has 6 heteroatoms. The maximum absolute atomic E-state index is 11.0. The van der Waals surface area contributed by atoms with Crippen molar-refractivity contribution in [3.05, 3.63) is 28.8 Å². The molecule has 0 heterocycles. The topological polar surface area (TPSA) is 76.0 Å². The van der Waals surface area contributed by atoms with Crippen molar-refractivity contribution >= 4 is 16.3 Å². The van der Waals surface area contributed by atoms with Gasteiger partial charge in [0, 0.05) is 0 Å². The van der Waals surface area contributed by atoms with Gasteiger partial charge in [-0.1, -0.05) is 5.16 Å². The molecule has 0 radical (unpaired) electrons. The second-order valence-electron chi connectivity index (χ2n) is 3.52. The first-order valence-corrected chi connectivity index (χ1v) is 6.33. The first-order chi connectivity index (χ1) is 7.33. The van der Waals surface area contributed by atoms with Gasteiger partial charge in [-0.3, -0.25) is 0 Å². The maximum Gasteiger partial charge on any atom is 0.306 e. The Balaban J connectivity index is 3.23. The maximum atomic E-state index is 11.0. The van der Waals surface area contributed by atoms with E-state index in [-0.39, 0.29) is 0 Å². The molecule has 0 fully saturated rings. The Kier molecular flexibility index (Phi) is 3.54. The summed E-state index contributed by atoms with van der Waals surface area (Å²) in [6.45, 7) is 3.45. The van der Waals surface area contributed by atoms with Crippen molar-refractivity contribution in [1.29, 1.82) is 0 Å². The highest BCUT2D eigenvalue weighted by atomic mass is 32.2. The molecule has 5 nitrogen and oxygen atoms in total. The van der Waals surface area contributed by atoms with Gasteiger partial charge in [-0.05, 0) is 42.7 Å². The summed E-state index contributed by atoms with van der Waals surface area (Å²) in [5, 5.41) is 11.3. The lowest BCUT2D eigenvalue weighted by molar-refractivity contribution is 0.322. The minimum absolute atomic E-state index is 0.317. The molecule has 1 aromatic carbocycles. The van der Waals surface area contributed by atoms with E-state index in [2.05, 4.69) is 5.16 Å². The van der Waals surface area contributed by atoms with E-state index in [1.54, 1.807) is 26.0 Å². The molecule has 1 N–H and O–H groups in total. The molecule has 0 saturated heterocycles. The molecule has 0 bridgehead atoms. The van der Waals surface area contributed by atoms with Gasteiger partial charge in [0.2, 0.25) is 0 Å². The van der Waals surface area contributed by atoms with Crippen LogP contribution in [0.3, 0.4) is 0 Å². The third-order valence-corrected chi connectivity index (χ3v) is 2.39. The van der Waals surface area contributed by atoms with Crippen molar-refractivity contribution in [2.24, 2.45) is 5.16 Å². The van der Waals surface area contributed by atoms with Crippen molar-refractivity contribution in [2.45, 2.75) is 13.8 Å². The molecule has 1 rings (SSSR count). The van der Waals surface area contributed by atoms with E-state index < -0.39 is 10.1 Å². The number of oxime groups is 1. The van der Waals surface area contributed by atoms with Crippen LogP contribution in [0.25, 0.3) is 0 Å². The number of hydrogen-bond acceptors (Lipinski definition) is 5. The number of aryl methyl sites for hydroxylation is 2. The highest BCUT2D eigenvalue weighted by molar-refractivity contribution is 7.86. The summed E-state index contributed by atoms with van der Waals surface area (Å²) in [5.41, 5.74) is 2.01. The number of hydrogen-bond donors (Lipinski definition) is 1. The second kappa shape index (κ2) is 4.52. The predicted octanol–water partition coefficient (Wildman–Crippen LogP) is 1.45. The largest absolute Gasteiger partial charge is 0.411 e. The van der Waals surface area contributed by atoms with Gasteiger partial charge in [-0.15, -0.1) is 0 Å². The van der Waals surface area contributed by atoms with E-state index in [1.165, 1.54) is 6.21 Å². The number of benzene rings is 1. The third-order valence-electron chi connectivity index (χ3n) is 1.92. The van der Waals surface area contributed by atoms with Crippen LogP contribution < -0.4 is 4.18 Å². The van der Waals surface area contributed by atoms with Crippen LogP contribution in [0, 0.1) is 13.8 Å². The second-order valence-corrected chi connectivity index (χ2v) is 5.09. The fraction of sp³-hybridized carbons (Fsp3) is 0.300. The summed E-state index contributed by atoms with van der Waals surface area (Å²) in [6, 6.07) is 3.35. The highest BCUT2D eigenvalue weighted by Gasteiger charge is 2.11. The summed E-state index contributed by atoms with van der Waals surface area (Å²) in [4.78, 5) is 0. The lowest BCUT2D eigenvalue weighted by Crippen LogP contribution is -2.08. The smallest absolute Gasteiger partial charge is 0.306 e. The van der Waals surface area contributed by atoms with Gasteiger partial charge in [0.1, 0.15) is 5.75 Å². The summed E-state index contributed by atoms with van der Waals surface area (Å²) in [7, 11) is -3.53. The Labute approximate surface area is 94.5 Å². The average Bonchev–Trinajstić information content (AvgIpc) is 2.10. The first-order valence-electron chi connectivity index (χ1n) is 4.51.